The van der Waals surface area contributed by atoms with Crippen LogP contribution in [0.5, 0.6) is 0 Å². The van der Waals surface area contributed by atoms with E-state index in [1.807, 2.05) is 12.3 Å². The Labute approximate surface area is 138 Å². The third-order valence-corrected chi connectivity index (χ3v) is 4.55. The number of benzene rings is 1. The largest absolute Gasteiger partial charge is 0.342 e. The molecule has 0 bridgehead atoms. The minimum absolute atomic E-state index is 0.843. The summed E-state index contributed by atoms with van der Waals surface area (Å²) >= 11 is 0. The van der Waals surface area contributed by atoms with Gasteiger partial charge in [-0.15, -0.1) is 0 Å². The Morgan fingerprint density at radius 1 is 0.913 bits per heavy atom. The van der Waals surface area contributed by atoms with Gasteiger partial charge in [0, 0.05) is 23.1 Å². The molecule has 23 heavy (non-hydrogen) atoms. The third kappa shape index (κ3) is 2.94. The molecule has 0 unspecified atom stereocenters. The van der Waals surface area contributed by atoms with E-state index in [0.717, 1.165) is 25.1 Å². The van der Waals surface area contributed by atoms with E-state index >= 15 is 0 Å². The summed E-state index contributed by atoms with van der Waals surface area (Å²) in [6.45, 7) is 7.58. The topological polar surface area (TPSA) is 17.8 Å². The lowest BCUT2D eigenvalue weighted by molar-refractivity contribution is 0.709. The second kappa shape index (κ2) is 6.82. The highest BCUT2D eigenvalue weighted by atomic mass is 15.0. The smallest absolute Gasteiger partial charge is 0.0648 e. The van der Waals surface area contributed by atoms with Crippen LogP contribution >= 0.6 is 0 Å². The van der Waals surface area contributed by atoms with Crippen LogP contribution in [-0.2, 0) is 19.4 Å². The van der Waals surface area contributed by atoms with Gasteiger partial charge in [0.25, 0.3) is 0 Å². The summed E-state index contributed by atoms with van der Waals surface area (Å²) in [5.74, 6) is 0. The first-order valence-electron chi connectivity index (χ1n) is 8.42. The molecule has 118 valence electrons. The number of rotatable bonds is 5. The molecule has 2 nitrogen and oxygen atoms in total. The Bertz CT molecular complexity index is 771. The van der Waals surface area contributed by atoms with E-state index in [1.54, 1.807) is 0 Å². The van der Waals surface area contributed by atoms with Crippen molar-refractivity contribution in [1.29, 1.82) is 0 Å². The SMILES string of the molecule is CCc1c(-c2ccccc2)c(CC)n(Cc2ccccn2)c1C. The van der Waals surface area contributed by atoms with Crippen LogP contribution in [0.2, 0.25) is 0 Å². The van der Waals surface area contributed by atoms with Crippen LogP contribution in [0.25, 0.3) is 11.1 Å². The Balaban J connectivity index is 2.15. The number of aromatic nitrogens is 2. The lowest BCUT2D eigenvalue weighted by Crippen LogP contribution is -2.07. The zero-order valence-electron chi connectivity index (χ0n) is 14.2. The van der Waals surface area contributed by atoms with Gasteiger partial charge < -0.3 is 4.57 Å². The van der Waals surface area contributed by atoms with E-state index < -0.39 is 0 Å². The molecule has 0 radical (unpaired) electrons. The van der Waals surface area contributed by atoms with Crippen molar-refractivity contribution in [3.63, 3.8) is 0 Å². The molecular weight excluding hydrogens is 280 g/mol. The van der Waals surface area contributed by atoms with Crippen LogP contribution in [0.4, 0.5) is 0 Å². The van der Waals surface area contributed by atoms with Gasteiger partial charge in [0.2, 0.25) is 0 Å². The highest BCUT2D eigenvalue weighted by Gasteiger charge is 2.19. The molecule has 2 heteroatoms. The molecule has 0 fully saturated rings. The molecule has 2 heterocycles. The molecule has 1 aromatic carbocycles. The molecule has 0 amide bonds. The van der Waals surface area contributed by atoms with Crippen molar-refractivity contribution in [2.75, 3.05) is 0 Å². The van der Waals surface area contributed by atoms with E-state index in [2.05, 4.69) is 72.8 Å². The van der Waals surface area contributed by atoms with Crippen molar-refractivity contribution in [3.8, 4) is 11.1 Å². The molecule has 0 aliphatic heterocycles. The predicted octanol–water partition coefficient (Wildman–Crippen LogP) is 5.03. The minimum Gasteiger partial charge on any atom is -0.342 e. The Hall–Kier alpha value is -2.35. The normalized spacial score (nSPS) is 10.9. The second-order valence-corrected chi connectivity index (χ2v) is 5.87. The molecule has 0 N–H and O–H groups in total. The minimum atomic E-state index is 0.843. The van der Waals surface area contributed by atoms with Crippen LogP contribution in [0.3, 0.4) is 0 Å². The van der Waals surface area contributed by atoms with Crippen molar-refractivity contribution in [1.82, 2.24) is 9.55 Å². The maximum atomic E-state index is 4.51. The molecule has 2 aromatic heterocycles. The van der Waals surface area contributed by atoms with E-state index in [9.17, 15) is 0 Å². The monoisotopic (exact) mass is 304 g/mol. The standard InChI is InChI=1S/C21H24N2/c1-4-19-16(3)23(15-18-13-9-10-14-22-18)20(5-2)21(19)17-11-7-6-8-12-17/h6-14H,4-5,15H2,1-3H3. The van der Waals surface area contributed by atoms with Gasteiger partial charge in [0.1, 0.15) is 0 Å². The average Bonchev–Trinajstić information content (AvgIpc) is 2.88. The summed E-state index contributed by atoms with van der Waals surface area (Å²) in [6, 6.07) is 16.9. The fraction of sp³-hybridized carbons (Fsp3) is 0.286. The number of hydrogen-bond acceptors (Lipinski definition) is 1. The van der Waals surface area contributed by atoms with Crippen molar-refractivity contribution < 1.29 is 0 Å². The number of hydrogen-bond donors (Lipinski definition) is 0. The molecule has 3 rings (SSSR count). The van der Waals surface area contributed by atoms with Gasteiger partial charge >= 0.3 is 0 Å². The molecular formula is C21H24N2. The molecule has 0 atom stereocenters. The maximum absolute atomic E-state index is 4.51. The molecule has 0 saturated carbocycles. The average molecular weight is 304 g/mol. The van der Waals surface area contributed by atoms with Gasteiger partial charge in [-0.1, -0.05) is 50.2 Å². The van der Waals surface area contributed by atoms with Gasteiger partial charge in [0.05, 0.1) is 12.2 Å². The molecule has 3 aromatic rings. The van der Waals surface area contributed by atoms with Gasteiger partial charge in [-0.05, 0) is 43.0 Å². The van der Waals surface area contributed by atoms with Crippen molar-refractivity contribution >= 4 is 0 Å². The lowest BCUT2D eigenvalue weighted by atomic mass is 9.98. The number of nitrogens with zero attached hydrogens (tertiary/aromatic N) is 2. The first-order chi connectivity index (χ1) is 11.3. The van der Waals surface area contributed by atoms with Crippen LogP contribution < -0.4 is 0 Å². The zero-order valence-corrected chi connectivity index (χ0v) is 14.2. The maximum Gasteiger partial charge on any atom is 0.0648 e. The van der Waals surface area contributed by atoms with Crippen molar-refractivity contribution in [3.05, 3.63) is 77.4 Å². The quantitative estimate of drug-likeness (QED) is 0.646. The summed E-state index contributed by atoms with van der Waals surface area (Å²) < 4.78 is 2.45. The summed E-state index contributed by atoms with van der Waals surface area (Å²) in [6.07, 6.45) is 3.95. The van der Waals surface area contributed by atoms with Crippen LogP contribution in [0.1, 0.15) is 36.5 Å². The highest BCUT2D eigenvalue weighted by molar-refractivity contribution is 5.72. The zero-order chi connectivity index (χ0) is 16.2. The van der Waals surface area contributed by atoms with E-state index in [-0.39, 0.29) is 0 Å². The van der Waals surface area contributed by atoms with Crippen molar-refractivity contribution in [2.45, 2.75) is 40.2 Å². The first kappa shape index (κ1) is 15.5. The van der Waals surface area contributed by atoms with Gasteiger partial charge in [-0.3, -0.25) is 4.98 Å². The first-order valence-corrected chi connectivity index (χ1v) is 8.42. The third-order valence-electron chi connectivity index (χ3n) is 4.55. The Morgan fingerprint density at radius 3 is 2.26 bits per heavy atom. The van der Waals surface area contributed by atoms with Crippen LogP contribution in [-0.4, -0.2) is 9.55 Å². The fourth-order valence-electron chi connectivity index (χ4n) is 3.47. The van der Waals surface area contributed by atoms with E-state index in [1.165, 1.54) is 28.1 Å². The molecule has 0 aliphatic rings. The van der Waals surface area contributed by atoms with Crippen molar-refractivity contribution in [2.24, 2.45) is 0 Å². The molecule has 0 spiro atoms. The van der Waals surface area contributed by atoms with Crippen LogP contribution in [0, 0.1) is 6.92 Å². The summed E-state index contributed by atoms with van der Waals surface area (Å²) in [7, 11) is 0. The highest BCUT2D eigenvalue weighted by Crippen LogP contribution is 2.34. The second-order valence-electron chi connectivity index (χ2n) is 5.87. The lowest BCUT2D eigenvalue weighted by Gasteiger charge is -2.11. The van der Waals surface area contributed by atoms with Crippen LogP contribution in [0.15, 0.2) is 54.7 Å². The van der Waals surface area contributed by atoms with E-state index in [0.29, 0.717) is 0 Å². The Kier molecular flexibility index (Phi) is 4.61. The summed E-state index contributed by atoms with van der Waals surface area (Å²) in [5, 5.41) is 0. The number of pyridine rings is 1. The van der Waals surface area contributed by atoms with Gasteiger partial charge in [0.15, 0.2) is 0 Å². The molecule has 0 saturated heterocycles. The molecule has 0 aliphatic carbocycles. The van der Waals surface area contributed by atoms with Gasteiger partial charge in [-0.25, -0.2) is 0 Å². The predicted molar refractivity (Wildman–Crippen MR) is 96.7 cm³/mol. The van der Waals surface area contributed by atoms with Gasteiger partial charge in [-0.2, -0.15) is 0 Å². The summed E-state index contributed by atoms with van der Waals surface area (Å²) in [5.41, 5.74) is 8.10. The van der Waals surface area contributed by atoms with E-state index in [4.69, 9.17) is 0 Å². The fourth-order valence-corrected chi connectivity index (χ4v) is 3.47. The Morgan fingerprint density at radius 2 is 1.65 bits per heavy atom. The summed E-state index contributed by atoms with van der Waals surface area (Å²) in [4.78, 5) is 4.51.